The summed E-state index contributed by atoms with van der Waals surface area (Å²) in [6, 6.07) is 4.27. The van der Waals surface area contributed by atoms with Crippen LogP contribution in [0, 0.1) is 0 Å². The summed E-state index contributed by atoms with van der Waals surface area (Å²) in [5.74, 6) is 0. The summed E-state index contributed by atoms with van der Waals surface area (Å²) in [6.45, 7) is 0.441. The molecule has 0 fully saturated rings. The molecule has 5 nitrogen and oxygen atoms in total. The summed E-state index contributed by atoms with van der Waals surface area (Å²) >= 11 is 12.7. The summed E-state index contributed by atoms with van der Waals surface area (Å²) in [4.78, 5) is 4.45. The van der Waals surface area contributed by atoms with Gasteiger partial charge in [-0.15, -0.1) is 11.3 Å². The van der Waals surface area contributed by atoms with Gasteiger partial charge < -0.3 is 5.32 Å². The number of rotatable bonds is 4. The Morgan fingerprint density at radius 3 is 2.68 bits per heavy atom. The molecule has 0 aliphatic carbocycles. The van der Waals surface area contributed by atoms with Gasteiger partial charge in [0.25, 0.3) is 10.1 Å². The average Bonchev–Trinajstić information content (AvgIpc) is 2.72. The molecule has 0 radical (unpaired) electrons. The first-order valence-electron chi connectivity index (χ1n) is 4.97. The van der Waals surface area contributed by atoms with Gasteiger partial charge in [-0.2, -0.15) is 8.42 Å². The second-order valence-corrected chi connectivity index (χ2v) is 7.05. The van der Waals surface area contributed by atoms with Crippen molar-refractivity contribution in [2.45, 2.75) is 11.4 Å². The second kappa shape index (κ2) is 5.64. The minimum absolute atomic E-state index is 0.0334. The molecule has 2 rings (SSSR count). The van der Waals surface area contributed by atoms with Gasteiger partial charge in [-0.3, -0.25) is 4.55 Å². The quantitative estimate of drug-likeness (QED) is 0.836. The van der Waals surface area contributed by atoms with E-state index in [9.17, 15) is 8.42 Å². The van der Waals surface area contributed by atoms with E-state index < -0.39 is 10.1 Å². The van der Waals surface area contributed by atoms with Crippen LogP contribution in [0.2, 0.25) is 9.49 Å². The lowest BCUT2D eigenvalue weighted by molar-refractivity contribution is 0.483. The molecule has 19 heavy (non-hydrogen) atoms. The van der Waals surface area contributed by atoms with Crippen molar-refractivity contribution in [1.29, 1.82) is 0 Å². The predicted octanol–water partition coefficient (Wildman–Crippen LogP) is 3.31. The lowest BCUT2D eigenvalue weighted by Gasteiger charge is -2.07. The lowest BCUT2D eigenvalue weighted by atomic mass is 10.3. The van der Waals surface area contributed by atoms with Gasteiger partial charge in [-0.1, -0.05) is 23.2 Å². The standard InChI is InChI=1S/C10H8Cl2N2O3S2/c11-8-2-1-6(3-9(8)19(15,16)17)13-4-7-5-14-10(12)18-7/h1-3,5,13H,4H2,(H,15,16,17). The van der Waals surface area contributed by atoms with Gasteiger partial charge in [-0.05, 0) is 18.2 Å². The highest BCUT2D eigenvalue weighted by Crippen LogP contribution is 2.25. The van der Waals surface area contributed by atoms with Gasteiger partial charge >= 0.3 is 0 Å². The van der Waals surface area contributed by atoms with Crippen LogP contribution in [-0.4, -0.2) is 18.0 Å². The van der Waals surface area contributed by atoms with Crippen molar-refractivity contribution in [2.75, 3.05) is 5.32 Å². The molecule has 1 heterocycles. The summed E-state index contributed by atoms with van der Waals surface area (Å²) in [5.41, 5.74) is 0.515. The number of hydrogen-bond acceptors (Lipinski definition) is 5. The van der Waals surface area contributed by atoms with E-state index >= 15 is 0 Å². The highest BCUT2D eigenvalue weighted by atomic mass is 35.5. The van der Waals surface area contributed by atoms with Gasteiger partial charge in [0.15, 0.2) is 4.47 Å². The minimum Gasteiger partial charge on any atom is -0.380 e. The Kier molecular flexibility index (Phi) is 4.32. The highest BCUT2D eigenvalue weighted by molar-refractivity contribution is 7.86. The van der Waals surface area contributed by atoms with Crippen LogP contribution >= 0.6 is 34.5 Å². The third-order valence-electron chi connectivity index (χ3n) is 2.20. The topological polar surface area (TPSA) is 79.3 Å². The van der Waals surface area contributed by atoms with Gasteiger partial charge in [0.05, 0.1) is 11.6 Å². The third-order valence-corrected chi connectivity index (χ3v) is 4.65. The van der Waals surface area contributed by atoms with Gasteiger partial charge in [0.2, 0.25) is 0 Å². The van der Waals surface area contributed by atoms with Crippen LogP contribution in [-0.2, 0) is 16.7 Å². The van der Waals surface area contributed by atoms with Gasteiger partial charge in [0.1, 0.15) is 4.90 Å². The molecular weight excluding hydrogens is 331 g/mol. The van der Waals surface area contributed by atoms with Crippen LogP contribution in [0.5, 0.6) is 0 Å². The zero-order valence-corrected chi connectivity index (χ0v) is 12.4. The number of nitrogens with zero attached hydrogens (tertiary/aromatic N) is 1. The van der Waals surface area contributed by atoms with E-state index in [2.05, 4.69) is 10.3 Å². The van der Waals surface area contributed by atoms with Crippen molar-refractivity contribution in [3.05, 3.63) is 38.8 Å². The van der Waals surface area contributed by atoms with E-state index in [0.29, 0.717) is 16.7 Å². The first-order valence-corrected chi connectivity index (χ1v) is 7.98. The van der Waals surface area contributed by atoms with Crippen LogP contribution in [0.3, 0.4) is 0 Å². The Labute approximate surface area is 123 Å². The normalized spacial score (nSPS) is 11.5. The maximum Gasteiger partial charge on any atom is 0.296 e. The number of halogens is 2. The van der Waals surface area contributed by atoms with Crippen molar-refractivity contribution in [3.8, 4) is 0 Å². The third kappa shape index (κ3) is 3.80. The number of thiazole rings is 1. The first-order chi connectivity index (χ1) is 8.86. The Morgan fingerprint density at radius 1 is 1.37 bits per heavy atom. The monoisotopic (exact) mass is 338 g/mol. The van der Waals surface area contributed by atoms with E-state index in [0.717, 1.165) is 4.88 Å². The molecule has 102 valence electrons. The molecule has 2 aromatic rings. The molecule has 0 saturated heterocycles. The molecule has 0 aliphatic heterocycles. The van der Waals surface area contributed by atoms with Crippen molar-refractivity contribution in [1.82, 2.24) is 4.98 Å². The maximum atomic E-state index is 11.1. The molecule has 0 saturated carbocycles. The molecule has 9 heteroatoms. The summed E-state index contributed by atoms with van der Waals surface area (Å²) in [5, 5.41) is 2.96. The smallest absolute Gasteiger partial charge is 0.296 e. The number of anilines is 1. The lowest BCUT2D eigenvalue weighted by Crippen LogP contribution is -2.02. The van der Waals surface area contributed by atoms with E-state index in [-0.39, 0.29) is 9.92 Å². The Hall–Kier alpha value is -0.860. The zero-order chi connectivity index (χ0) is 14.0. The Balaban J connectivity index is 2.18. The van der Waals surface area contributed by atoms with Gasteiger partial charge in [-0.25, -0.2) is 4.98 Å². The van der Waals surface area contributed by atoms with Crippen LogP contribution in [0.25, 0.3) is 0 Å². The molecule has 0 bridgehead atoms. The molecule has 1 aromatic heterocycles. The van der Waals surface area contributed by atoms with Crippen molar-refractivity contribution in [2.24, 2.45) is 0 Å². The van der Waals surface area contributed by atoms with E-state index in [1.807, 2.05) is 0 Å². The average molecular weight is 339 g/mol. The summed E-state index contributed by atoms with van der Waals surface area (Å²) in [7, 11) is -4.34. The van der Waals surface area contributed by atoms with Crippen LogP contribution < -0.4 is 5.32 Å². The molecule has 0 amide bonds. The zero-order valence-electron chi connectivity index (χ0n) is 9.30. The molecule has 0 spiro atoms. The molecule has 0 atom stereocenters. The minimum atomic E-state index is -4.34. The predicted molar refractivity (Wildman–Crippen MR) is 75.7 cm³/mol. The summed E-state index contributed by atoms with van der Waals surface area (Å²) < 4.78 is 31.7. The van der Waals surface area contributed by atoms with E-state index in [1.165, 1.54) is 23.5 Å². The number of benzene rings is 1. The maximum absolute atomic E-state index is 11.1. The number of aromatic nitrogens is 1. The largest absolute Gasteiger partial charge is 0.380 e. The molecule has 0 unspecified atom stereocenters. The Morgan fingerprint density at radius 2 is 2.11 bits per heavy atom. The van der Waals surface area contributed by atoms with E-state index in [4.69, 9.17) is 27.8 Å². The molecule has 0 aliphatic rings. The number of nitrogens with one attached hydrogen (secondary N) is 1. The van der Waals surface area contributed by atoms with Crippen molar-refractivity contribution >= 4 is 50.3 Å². The van der Waals surface area contributed by atoms with Crippen LogP contribution in [0.15, 0.2) is 29.3 Å². The fourth-order valence-corrected chi connectivity index (χ4v) is 3.28. The SMILES string of the molecule is O=S(=O)(O)c1cc(NCc2cnc(Cl)s2)ccc1Cl. The fourth-order valence-electron chi connectivity index (χ4n) is 1.37. The van der Waals surface area contributed by atoms with Crippen LogP contribution in [0.4, 0.5) is 5.69 Å². The van der Waals surface area contributed by atoms with E-state index in [1.54, 1.807) is 12.3 Å². The Bertz CT molecular complexity index is 701. The molecule has 2 N–H and O–H groups in total. The molecule has 1 aromatic carbocycles. The second-order valence-electron chi connectivity index (χ2n) is 3.55. The van der Waals surface area contributed by atoms with Crippen molar-refractivity contribution in [3.63, 3.8) is 0 Å². The summed E-state index contributed by atoms with van der Waals surface area (Å²) in [6.07, 6.45) is 1.62. The molecular formula is C10H8Cl2N2O3S2. The van der Waals surface area contributed by atoms with Crippen molar-refractivity contribution < 1.29 is 13.0 Å². The number of hydrogen-bond donors (Lipinski definition) is 2. The van der Waals surface area contributed by atoms with Crippen LogP contribution in [0.1, 0.15) is 4.88 Å². The highest BCUT2D eigenvalue weighted by Gasteiger charge is 2.15. The van der Waals surface area contributed by atoms with Gasteiger partial charge in [0, 0.05) is 16.8 Å². The first kappa shape index (κ1) is 14.5. The fraction of sp³-hybridized carbons (Fsp3) is 0.100.